The zero-order valence-electron chi connectivity index (χ0n) is 15.7. The molecule has 0 unspecified atom stereocenters. The highest BCUT2D eigenvalue weighted by Gasteiger charge is 2.22. The SMILES string of the molecule is CN(C)S(=O)(=O)c1ccc(/C(=N\O[C@@H]2CCOC2)C(=O)Nc2ncc(F)s2)cc1. The number of nitrogens with one attached hydrogen (secondary N) is 1. The van der Waals surface area contributed by atoms with Crippen LogP contribution >= 0.6 is 11.3 Å². The minimum absolute atomic E-state index is 0.0659. The Morgan fingerprint density at radius 1 is 1.38 bits per heavy atom. The number of ether oxygens (including phenoxy) is 1. The van der Waals surface area contributed by atoms with Crippen molar-refractivity contribution in [2.75, 3.05) is 32.6 Å². The van der Waals surface area contributed by atoms with E-state index in [1.165, 1.54) is 38.4 Å². The lowest BCUT2D eigenvalue weighted by Crippen LogP contribution is -2.26. The van der Waals surface area contributed by atoms with Gasteiger partial charge in [0.1, 0.15) is 0 Å². The van der Waals surface area contributed by atoms with Crippen LogP contribution in [0.5, 0.6) is 0 Å². The molecule has 0 saturated carbocycles. The Morgan fingerprint density at radius 2 is 2.10 bits per heavy atom. The molecule has 1 saturated heterocycles. The highest BCUT2D eigenvalue weighted by molar-refractivity contribution is 7.89. The van der Waals surface area contributed by atoms with Gasteiger partial charge >= 0.3 is 0 Å². The van der Waals surface area contributed by atoms with E-state index in [0.717, 1.165) is 10.5 Å². The van der Waals surface area contributed by atoms with Gasteiger partial charge in [-0.2, -0.15) is 4.39 Å². The zero-order chi connectivity index (χ0) is 21.0. The lowest BCUT2D eigenvalue weighted by molar-refractivity contribution is -0.110. The molecule has 156 valence electrons. The van der Waals surface area contributed by atoms with E-state index in [2.05, 4.69) is 15.5 Å². The third-order valence-electron chi connectivity index (χ3n) is 4.00. The molecule has 1 aromatic carbocycles. The number of sulfonamides is 1. The van der Waals surface area contributed by atoms with Crippen LogP contribution in [-0.4, -0.2) is 62.7 Å². The van der Waals surface area contributed by atoms with Crippen LogP contribution in [0.1, 0.15) is 12.0 Å². The number of aromatic nitrogens is 1. The number of amides is 1. The van der Waals surface area contributed by atoms with Crippen molar-refractivity contribution in [2.45, 2.75) is 17.4 Å². The number of thiazole rings is 1. The van der Waals surface area contributed by atoms with Crippen LogP contribution in [0.15, 0.2) is 40.5 Å². The maximum atomic E-state index is 13.2. The fourth-order valence-electron chi connectivity index (χ4n) is 2.41. The number of hydrogen-bond acceptors (Lipinski definition) is 8. The van der Waals surface area contributed by atoms with Crippen molar-refractivity contribution in [1.29, 1.82) is 0 Å². The summed E-state index contributed by atoms with van der Waals surface area (Å²) in [5.41, 5.74) is 0.234. The van der Waals surface area contributed by atoms with E-state index in [1.807, 2.05) is 0 Å². The summed E-state index contributed by atoms with van der Waals surface area (Å²) in [7, 11) is -0.766. The summed E-state index contributed by atoms with van der Waals surface area (Å²) in [5, 5.41) is 5.93. The molecule has 1 N–H and O–H groups in total. The molecule has 3 rings (SSSR count). The molecule has 0 aliphatic carbocycles. The Hall–Kier alpha value is -2.41. The van der Waals surface area contributed by atoms with E-state index >= 15 is 0 Å². The van der Waals surface area contributed by atoms with Gasteiger partial charge in [-0.05, 0) is 12.1 Å². The van der Waals surface area contributed by atoms with Gasteiger partial charge in [-0.15, -0.1) is 0 Å². The van der Waals surface area contributed by atoms with Gasteiger partial charge in [0, 0.05) is 26.1 Å². The highest BCUT2D eigenvalue weighted by Crippen LogP contribution is 2.19. The van der Waals surface area contributed by atoms with Gasteiger partial charge in [0.05, 0.1) is 24.3 Å². The molecule has 2 aromatic rings. The fraction of sp³-hybridized carbons (Fsp3) is 0.353. The summed E-state index contributed by atoms with van der Waals surface area (Å²) >= 11 is 0.671. The fourth-order valence-corrected chi connectivity index (χ4v) is 3.85. The number of hydrogen-bond donors (Lipinski definition) is 1. The van der Waals surface area contributed by atoms with Crippen LogP contribution in [0.25, 0.3) is 0 Å². The molecule has 29 heavy (non-hydrogen) atoms. The molecule has 0 spiro atoms. The third kappa shape index (κ3) is 5.15. The second-order valence-electron chi connectivity index (χ2n) is 6.27. The summed E-state index contributed by atoms with van der Waals surface area (Å²) in [5.74, 6) is -0.665. The largest absolute Gasteiger partial charge is 0.389 e. The van der Waals surface area contributed by atoms with Crippen LogP contribution in [-0.2, 0) is 24.4 Å². The van der Waals surface area contributed by atoms with Crippen LogP contribution in [0.3, 0.4) is 0 Å². The van der Waals surface area contributed by atoms with Gasteiger partial charge in [-0.3, -0.25) is 10.1 Å². The highest BCUT2D eigenvalue weighted by atomic mass is 32.2. The molecule has 1 aliphatic rings. The Labute approximate surface area is 171 Å². The molecule has 9 nitrogen and oxygen atoms in total. The zero-order valence-corrected chi connectivity index (χ0v) is 17.3. The number of rotatable bonds is 7. The van der Waals surface area contributed by atoms with Gasteiger partial charge in [-0.25, -0.2) is 17.7 Å². The quantitative estimate of drug-likeness (QED) is 0.516. The molecule has 1 amide bonds. The van der Waals surface area contributed by atoms with Crippen molar-refractivity contribution < 1.29 is 27.2 Å². The van der Waals surface area contributed by atoms with Crippen molar-refractivity contribution in [3.8, 4) is 0 Å². The normalized spacial score (nSPS) is 17.5. The van der Waals surface area contributed by atoms with Crippen molar-refractivity contribution in [3.63, 3.8) is 0 Å². The standard InChI is InChI=1S/C17H19FN4O5S2/c1-22(2)29(24,25)13-5-3-11(4-6-13)15(21-27-12-7-8-26-10-12)16(23)20-17-19-9-14(18)28-17/h3-6,9,12H,7-8,10H2,1-2H3,(H,19,20,23)/b21-15+/t12-/m1/s1. The van der Waals surface area contributed by atoms with Crippen LogP contribution in [0, 0.1) is 5.13 Å². The third-order valence-corrected chi connectivity index (χ3v) is 6.53. The Kier molecular flexibility index (Phi) is 6.57. The first-order valence-corrected chi connectivity index (χ1v) is 10.8. The number of benzene rings is 1. The molecular formula is C17H19FN4O5S2. The molecule has 1 fully saturated rings. The number of carbonyl (C=O) groups is 1. The molecule has 1 aromatic heterocycles. The summed E-state index contributed by atoms with van der Waals surface area (Å²) in [4.78, 5) is 21.9. The number of nitrogens with zero attached hydrogens (tertiary/aromatic N) is 3. The molecule has 12 heteroatoms. The lowest BCUT2D eigenvalue weighted by Gasteiger charge is -2.12. The van der Waals surface area contributed by atoms with Gasteiger partial charge in [0.15, 0.2) is 22.1 Å². The van der Waals surface area contributed by atoms with Gasteiger partial charge in [0.25, 0.3) is 5.91 Å². The maximum absolute atomic E-state index is 13.2. The Balaban J connectivity index is 1.87. The van der Waals surface area contributed by atoms with Crippen LogP contribution in [0.4, 0.5) is 9.52 Å². The van der Waals surface area contributed by atoms with E-state index in [0.29, 0.717) is 36.5 Å². The van der Waals surface area contributed by atoms with Crippen LogP contribution < -0.4 is 5.32 Å². The predicted molar refractivity (Wildman–Crippen MR) is 105 cm³/mol. The molecule has 2 heterocycles. The number of oxime groups is 1. The number of anilines is 1. The maximum Gasteiger partial charge on any atom is 0.280 e. The average molecular weight is 442 g/mol. The van der Waals surface area contributed by atoms with E-state index in [4.69, 9.17) is 9.57 Å². The van der Waals surface area contributed by atoms with Crippen molar-refractivity contribution in [1.82, 2.24) is 9.29 Å². The summed E-state index contributed by atoms with van der Waals surface area (Å²) < 4.78 is 43.9. The van der Waals surface area contributed by atoms with E-state index in [9.17, 15) is 17.6 Å². The first-order valence-electron chi connectivity index (χ1n) is 8.54. The predicted octanol–water partition coefficient (Wildman–Crippen LogP) is 1.68. The first-order chi connectivity index (χ1) is 13.8. The molecule has 1 atom stereocenters. The van der Waals surface area contributed by atoms with Crippen molar-refractivity contribution in [2.24, 2.45) is 5.16 Å². The Bertz CT molecular complexity index is 999. The van der Waals surface area contributed by atoms with E-state index in [-0.39, 0.29) is 21.8 Å². The molecule has 0 bridgehead atoms. The molecular weight excluding hydrogens is 423 g/mol. The van der Waals surface area contributed by atoms with Gasteiger partial charge in [0.2, 0.25) is 10.0 Å². The molecule has 0 radical (unpaired) electrons. The second kappa shape index (κ2) is 8.95. The number of carbonyl (C=O) groups excluding carboxylic acids is 1. The monoisotopic (exact) mass is 442 g/mol. The summed E-state index contributed by atoms with van der Waals surface area (Å²) in [6, 6.07) is 5.64. The van der Waals surface area contributed by atoms with Gasteiger partial charge in [-0.1, -0.05) is 28.6 Å². The summed E-state index contributed by atoms with van der Waals surface area (Å²) in [6.45, 7) is 0.896. The van der Waals surface area contributed by atoms with E-state index < -0.39 is 21.1 Å². The minimum atomic E-state index is -3.62. The second-order valence-corrected chi connectivity index (χ2v) is 9.40. The van der Waals surface area contributed by atoms with Gasteiger partial charge < -0.3 is 9.57 Å². The van der Waals surface area contributed by atoms with Crippen molar-refractivity contribution in [3.05, 3.63) is 41.2 Å². The van der Waals surface area contributed by atoms with Crippen LogP contribution in [0.2, 0.25) is 0 Å². The average Bonchev–Trinajstić information content (AvgIpc) is 3.34. The van der Waals surface area contributed by atoms with Crippen molar-refractivity contribution >= 4 is 38.1 Å². The smallest absolute Gasteiger partial charge is 0.280 e. The summed E-state index contributed by atoms with van der Waals surface area (Å²) in [6.07, 6.45) is 1.34. The first kappa shape index (κ1) is 21.3. The minimum Gasteiger partial charge on any atom is -0.389 e. The lowest BCUT2D eigenvalue weighted by atomic mass is 10.1. The Morgan fingerprint density at radius 3 is 2.66 bits per heavy atom. The molecule has 1 aliphatic heterocycles. The van der Waals surface area contributed by atoms with E-state index in [1.54, 1.807) is 0 Å². The topological polar surface area (TPSA) is 110 Å². The number of halogens is 1.